The van der Waals surface area contributed by atoms with Gasteiger partial charge in [0.1, 0.15) is 0 Å². The Labute approximate surface area is 97.4 Å². The van der Waals surface area contributed by atoms with Gasteiger partial charge in [0.25, 0.3) is 0 Å². The van der Waals surface area contributed by atoms with Crippen molar-refractivity contribution in [2.45, 2.75) is 25.7 Å². The van der Waals surface area contributed by atoms with Crippen LogP contribution in [-0.2, 0) is 0 Å². The molecule has 0 radical (unpaired) electrons. The van der Waals surface area contributed by atoms with Gasteiger partial charge in [-0.2, -0.15) is 5.26 Å². The normalized spacial score (nSPS) is 17.9. The second-order valence-corrected chi connectivity index (χ2v) is 4.54. The average Bonchev–Trinajstić information content (AvgIpc) is 2.85. The third kappa shape index (κ3) is 2.17. The van der Waals surface area contributed by atoms with E-state index in [1.165, 1.54) is 25.7 Å². The third-order valence-electron chi connectivity index (χ3n) is 3.53. The van der Waals surface area contributed by atoms with Crippen molar-refractivity contribution in [3.8, 4) is 6.07 Å². The molecule has 1 saturated carbocycles. The van der Waals surface area contributed by atoms with Gasteiger partial charge >= 0.3 is 0 Å². The Kier molecular flexibility index (Phi) is 3.41. The smallest absolute Gasteiger partial charge is 0.0740 e. The van der Waals surface area contributed by atoms with Crippen LogP contribution in [0.15, 0.2) is 36.9 Å². The SMILES string of the molecule is C=C(c1ccccc1)[C@H](C#N)C1CCCC1. The summed E-state index contributed by atoms with van der Waals surface area (Å²) < 4.78 is 0. The number of rotatable bonds is 3. The first-order valence-corrected chi connectivity index (χ1v) is 5.97. The molecule has 1 aromatic rings. The lowest BCUT2D eigenvalue weighted by molar-refractivity contribution is 0.488. The molecular weight excluding hydrogens is 194 g/mol. The Morgan fingerprint density at radius 2 is 1.88 bits per heavy atom. The third-order valence-corrected chi connectivity index (χ3v) is 3.53. The van der Waals surface area contributed by atoms with Gasteiger partial charge in [-0.05, 0) is 29.9 Å². The van der Waals surface area contributed by atoms with Crippen LogP contribution >= 0.6 is 0 Å². The highest BCUT2D eigenvalue weighted by Crippen LogP contribution is 2.37. The minimum atomic E-state index is 0.00454. The summed E-state index contributed by atoms with van der Waals surface area (Å²) in [7, 11) is 0. The molecule has 2 rings (SSSR count). The predicted octanol–water partition coefficient (Wildman–Crippen LogP) is 4.03. The van der Waals surface area contributed by atoms with Crippen LogP contribution in [-0.4, -0.2) is 0 Å². The molecule has 1 atom stereocenters. The van der Waals surface area contributed by atoms with Crippen molar-refractivity contribution in [1.82, 2.24) is 0 Å². The highest BCUT2D eigenvalue weighted by Gasteiger charge is 2.27. The molecule has 1 nitrogen and oxygen atoms in total. The predicted molar refractivity (Wildman–Crippen MR) is 66.5 cm³/mol. The van der Waals surface area contributed by atoms with Gasteiger partial charge in [-0.25, -0.2) is 0 Å². The van der Waals surface area contributed by atoms with Gasteiger partial charge in [-0.3, -0.25) is 0 Å². The molecule has 1 aliphatic carbocycles. The second kappa shape index (κ2) is 4.99. The van der Waals surface area contributed by atoms with Crippen LogP contribution in [0.4, 0.5) is 0 Å². The summed E-state index contributed by atoms with van der Waals surface area (Å²) in [5.74, 6) is 0.530. The van der Waals surface area contributed by atoms with Gasteiger partial charge < -0.3 is 0 Å². The van der Waals surface area contributed by atoms with E-state index in [1.54, 1.807) is 0 Å². The molecule has 1 heteroatoms. The van der Waals surface area contributed by atoms with Crippen molar-refractivity contribution in [1.29, 1.82) is 5.26 Å². The molecule has 0 aliphatic heterocycles. The van der Waals surface area contributed by atoms with E-state index >= 15 is 0 Å². The maximum Gasteiger partial charge on any atom is 0.0740 e. The standard InChI is InChI=1S/C15H17N/c1-12(13-7-3-2-4-8-13)15(11-16)14-9-5-6-10-14/h2-4,7-8,14-15H,1,5-6,9-10H2/t15-/m0/s1. The maximum atomic E-state index is 9.31. The van der Waals surface area contributed by atoms with E-state index in [-0.39, 0.29) is 5.92 Å². The van der Waals surface area contributed by atoms with E-state index in [0.29, 0.717) is 5.92 Å². The van der Waals surface area contributed by atoms with Gasteiger partial charge in [-0.1, -0.05) is 49.8 Å². The van der Waals surface area contributed by atoms with Gasteiger partial charge in [0.15, 0.2) is 0 Å². The topological polar surface area (TPSA) is 23.8 Å². The zero-order valence-electron chi connectivity index (χ0n) is 9.52. The molecule has 0 aromatic heterocycles. The summed E-state index contributed by atoms with van der Waals surface area (Å²) in [6.45, 7) is 4.12. The molecule has 1 fully saturated rings. The van der Waals surface area contributed by atoms with Crippen molar-refractivity contribution in [3.05, 3.63) is 42.5 Å². The van der Waals surface area contributed by atoms with E-state index in [1.807, 2.05) is 30.3 Å². The summed E-state index contributed by atoms with van der Waals surface area (Å²) in [6, 6.07) is 12.5. The fourth-order valence-electron chi connectivity index (χ4n) is 2.59. The Morgan fingerprint density at radius 3 is 2.44 bits per heavy atom. The van der Waals surface area contributed by atoms with E-state index in [4.69, 9.17) is 0 Å². The molecule has 1 aliphatic rings. The zero-order chi connectivity index (χ0) is 11.4. The van der Waals surface area contributed by atoms with Gasteiger partial charge in [0.2, 0.25) is 0 Å². The molecule has 0 unspecified atom stereocenters. The number of allylic oxidation sites excluding steroid dienone is 1. The monoisotopic (exact) mass is 211 g/mol. The first kappa shape index (κ1) is 11.0. The van der Waals surface area contributed by atoms with Crippen LogP contribution in [0.5, 0.6) is 0 Å². The fraction of sp³-hybridized carbons (Fsp3) is 0.400. The molecule has 0 saturated heterocycles. The molecule has 82 valence electrons. The van der Waals surface area contributed by atoms with Crippen LogP contribution < -0.4 is 0 Å². The van der Waals surface area contributed by atoms with Crippen LogP contribution in [0.2, 0.25) is 0 Å². The van der Waals surface area contributed by atoms with Crippen LogP contribution in [0.25, 0.3) is 5.57 Å². The molecule has 1 aromatic carbocycles. The van der Waals surface area contributed by atoms with Crippen molar-refractivity contribution in [2.75, 3.05) is 0 Å². The lowest BCUT2D eigenvalue weighted by atomic mass is 9.83. The highest BCUT2D eigenvalue weighted by molar-refractivity contribution is 5.67. The van der Waals surface area contributed by atoms with E-state index in [9.17, 15) is 5.26 Å². The number of nitrogens with zero attached hydrogens (tertiary/aromatic N) is 1. The number of benzene rings is 1. The second-order valence-electron chi connectivity index (χ2n) is 4.54. The molecular formula is C15H17N. The van der Waals surface area contributed by atoms with Crippen molar-refractivity contribution in [2.24, 2.45) is 11.8 Å². The molecule has 0 heterocycles. The Hall–Kier alpha value is -1.55. The lowest BCUT2D eigenvalue weighted by Gasteiger charge is -2.18. The van der Waals surface area contributed by atoms with Gasteiger partial charge in [-0.15, -0.1) is 0 Å². The zero-order valence-corrected chi connectivity index (χ0v) is 9.52. The van der Waals surface area contributed by atoms with Crippen LogP contribution in [0.3, 0.4) is 0 Å². The lowest BCUT2D eigenvalue weighted by Crippen LogP contribution is -2.11. The van der Waals surface area contributed by atoms with Gasteiger partial charge in [0, 0.05) is 0 Å². The minimum absolute atomic E-state index is 0.00454. The summed E-state index contributed by atoms with van der Waals surface area (Å²) >= 11 is 0. The minimum Gasteiger partial charge on any atom is -0.198 e. The highest BCUT2D eigenvalue weighted by atomic mass is 14.4. The van der Waals surface area contributed by atoms with Crippen molar-refractivity contribution >= 4 is 5.57 Å². The van der Waals surface area contributed by atoms with Crippen LogP contribution in [0, 0.1) is 23.2 Å². The average molecular weight is 211 g/mol. The molecule has 0 spiro atoms. The number of hydrogen-bond acceptors (Lipinski definition) is 1. The maximum absolute atomic E-state index is 9.31. The fourth-order valence-corrected chi connectivity index (χ4v) is 2.59. The molecule has 0 amide bonds. The Bertz CT molecular complexity index is 393. The molecule has 0 bridgehead atoms. The summed E-state index contributed by atoms with van der Waals surface area (Å²) in [6.07, 6.45) is 4.91. The number of nitriles is 1. The summed E-state index contributed by atoms with van der Waals surface area (Å²) in [5.41, 5.74) is 2.11. The van der Waals surface area contributed by atoms with Crippen molar-refractivity contribution < 1.29 is 0 Å². The number of hydrogen-bond donors (Lipinski definition) is 0. The largest absolute Gasteiger partial charge is 0.198 e. The molecule has 0 N–H and O–H groups in total. The van der Waals surface area contributed by atoms with Gasteiger partial charge in [0.05, 0.1) is 12.0 Å². The first-order valence-electron chi connectivity index (χ1n) is 5.97. The van der Waals surface area contributed by atoms with Crippen LogP contribution in [0.1, 0.15) is 31.2 Å². The first-order chi connectivity index (χ1) is 7.83. The Balaban J connectivity index is 2.16. The summed E-state index contributed by atoms with van der Waals surface area (Å²) in [4.78, 5) is 0. The molecule has 16 heavy (non-hydrogen) atoms. The van der Waals surface area contributed by atoms with Crippen molar-refractivity contribution in [3.63, 3.8) is 0 Å². The van der Waals surface area contributed by atoms with E-state index in [2.05, 4.69) is 12.6 Å². The quantitative estimate of drug-likeness (QED) is 0.740. The Morgan fingerprint density at radius 1 is 1.25 bits per heavy atom. The van der Waals surface area contributed by atoms with E-state index in [0.717, 1.165) is 11.1 Å². The van der Waals surface area contributed by atoms with E-state index < -0.39 is 0 Å². The summed E-state index contributed by atoms with van der Waals surface area (Å²) in [5, 5.41) is 9.31.